The van der Waals surface area contributed by atoms with Crippen LogP contribution in [-0.2, 0) is 11.2 Å². The van der Waals surface area contributed by atoms with Crippen molar-refractivity contribution in [2.45, 2.75) is 26.2 Å². The molecular formula is C23H24N2O3. The maximum atomic E-state index is 12.4. The molecule has 2 aromatic carbocycles. The van der Waals surface area contributed by atoms with E-state index in [1.165, 1.54) is 7.11 Å². The normalized spacial score (nSPS) is 13.9. The number of hydrogen-bond donors (Lipinski definition) is 1. The van der Waals surface area contributed by atoms with Gasteiger partial charge in [-0.05, 0) is 67.3 Å². The van der Waals surface area contributed by atoms with E-state index < -0.39 is 0 Å². The number of nitrogens with zero attached hydrogens (tertiary/aromatic N) is 2. The van der Waals surface area contributed by atoms with Crippen molar-refractivity contribution >= 4 is 16.8 Å². The van der Waals surface area contributed by atoms with E-state index in [0.29, 0.717) is 12.2 Å². The lowest BCUT2D eigenvalue weighted by atomic mass is 10.0. The minimum Gasteiger partial charge on any atom is -0.504 e. The standard InChI is InChI=1S/C23H24N2O3/c1-15-11-20(17-6-8-22(28-2)21(26)14-17)24-19-7-5-16(12-18(15)19)13-23(27)25-9-3-4-10-25/h5-8,11-12,14,26H,3-4,9-10,13H2,1-2H3. The van der Waals surface area contributed by atoms with Crippen molar-refractivity contribution in [1.29, 1.82) is 0 Å². The zero-order valence-electron chi connectivity index (χ0n) is 16.2. The molecule has 1 amide bonds. The summed E-state index contributed by atoms with van der Waals surface area (Å²) in [5.74, 6) is 0.733. The number of pyridine rings is 1. The molecule has 1 aromatic heterocycles. The number of carbonyl (C=O) groups excluding carboxylic acids is 1. The van der Waals surface area contributed by atoms with Gasteiger partial charge in [0.25, 0.3) is 0 Å². The fourth-order valence-electron chi connectivity index (χ4n) is 3.80. The third-order valence-electron chi connectivity index (χ3n) is 5.37. The maximum absolute atomic E-state index is 12.4. The van der Waals surface area contributed by atoms with Gasteiger partial charge in [0.2, 0.25) is 5.91 Å². The highest BCUT2D eigenvalue weighted by molar-refractivity contribution is 5.87. The molecular weight excluding hydrogens is 352 g/mol. The zero-order chi connectivity index (χ0) is 19.7. The first kappa shape index (κ1) is 18.3. The summed E-state index contributed by atoms with van der Waals surface area (Å²) in [6, 6.07) is 13.3. The summed E-state index contributed by atoms with van der Waals surface area (Å²) in [7, 11) is 1.53. The van der Waals surface area contributed by atoms with Crippen molar-refractivity contribution in [3.8, 4) is 22.8 Å². The van der Waals surface area contributed by atoms with Crippen molar-refractivity contribution in [2.24, 2.45) is 0 Å². The van der Waals surface area contributed by atoms with Crippen LogP contribution in [0, 0.1) is 6.92 Å². The lowest BCUT2D eigenvalue weighted by Gasteiger charge is -2.15. The molecule has 3 aromatic rings. The summed E-state index contributed by atoms with van der Waals surface area (Å²) in [6.07, 6.45) is 2.65. The Kier molecular flexibility index (Phi) is 4.90. The first-order valence-corrected chi connectivity index (χ1v) is 9.60. The molecule has 0 radical (unpaired) electrons. The fourth-order valence-corrected chi connectivity index (χ4v) is 3.80. The molecule has 0 spiro atoms. The molecule has 0 unspecified atom stereocenters. The monoisotopic (exact) mass is 376 g/mol. The third-order valence-corrected chi connectivity index (χ3v) is 5.37. The number of likely N-dealkylation sites (tertiary alicyclic amines) is 1. The summed E-state index contributed by atoms with van der Waals surface area (Å²) in [5.41, 5.74) is 4.61. The number of amides is 1. The molecule has 1 saturated heterocycles. The van der Waals surface area contributed by atoms with E-state index in [-0.39, 0.29) is 11.7 Å². The summed E-state index contributed by atoms with van der Waals surface area (Å²) < 4.78 is 5.11. The van der Waals surface area contributed by atoms with Crippen LogP contribution < -0.4 is 4.74 Å². The molecule has 28 heavy (non-hydrogen) atoms. The van der Waals surface area contributed by atoms with Gasteiger partial charge in [-0.1, -0.05) is 6.07 Å². The van der Waals surface area contributed by atoms with E-state index in [2.05, 4.69) is 6.07 Å². The Hall–Kier alpha value is -3.08. The van der Waals surface area contributed by atoms with E-state index in [1.807, 2.05) is 36.1 Å². The van der Waals surface area contributed by atoms with E-state index >= 15 is 0 Å². The van der Waals surface area contributed by atoms with Crippen LogP contribution in [0.3, 0.4) is 0 Å². The van der Waals surface area contributed by atoms with Gasteiger partial charge < -0.3 is 14.7 Å². The number of phenols is 1. The average Bonchev–Trinajstić information content (AvgIpc) is 3.23. The van der Waals surface area contributed by atoms with Gasteiger partial charge in [0.15, 0.2) is 11.5 Å². The Labute approximate surface area is 164 Å². The summed E-state index contributed by atoms with van der Waals surface area (Å²) >= 11 is 0. The van der Waals surface area contributed by atoms with Crippen LogP contribution in [-0.4, -0.2) is 41.1 Å². The predicted molar refractivity (Wildman–Crippen MR) is 110 cm³/mol. The van der Waals surface area contributed by atoms with Crippen LogP contribution in [0.5, 0.6) is 11.5 Å². The number of aromatic hydroxyl groups is 1. The topological polar surface area (TPSA) is 62.7 Å². The molecule has 1 fully saturated rings. The smallest absolute Gasteiger partial charge is 0.226 e. The molecule has 5 heteroatoms. The molecule has 0 bridgehead atoms. The minimum absolute atomic E-state index is 0.0929. The number of methoxy groups -OCH3 is 1. The summed E-state index contributed by atoms with van der Waals surface area (Å²) in [4.78, 5) is 19.1. The lowest BCUT2D eigenvalue weighted by molar-refractivity contribution is -0.129. The number of carbonyl (C=O) groups is 1. The highest BCUT2D eigenvalue weighted by atomic mass is 16.5. The second-order valence-corrected chi connectivity index (χ2v) is 7.33. The Morgan fingerprint density at radius 3 is 2.64 bits per heavy atom. The SMILES string of the molecule is COc1ccc(-c2cc(C)c3cc(CC(=O)N4CCCC4)ccc3n2)cc1O. The Balaban J connectivity index is 1.64. The third kappa shape index (κ3) is 3.52. The van der Waals surface area contributed by atoms with E-state index in [9.17, 15) is 9.90 Å². The number of aromatic nitrogens is 1. The lowest BCUT2D eigenvalue weighted by Crippen LogP contribution is -2.29. The van der Waals surface area contributed by atoms with Crippen molar-refractivity contribution in [2.75, 3.05) is 20.2 Å². The quantitative estimate of drug-likeness (QED) is 0.745. The van der Waals surface area contributed by atoms with Crippen LogP contribution in [0.15, 0.2) is 42.5 Å². The van der Waals surface area contributed by atoms with E-state index in [1.54, 1.807) is 12.1 Å². The number of rotatable bonds is 4. The zero-order valence-corrected chi connectivity index (χ0v) is 16.2. The number of fused-ring (bicyclic) bond motifs is 1. The Morgan fingerprint density at radius 1 is 1.14 bits per heavy atom. The summed E-state index contributed by atoms with van der Waals surface area (Å²) in [6.45, 7) is 3.80. The van der Waals surface area contributed by atoms with Crippen LogP contribution >= 0.6 is 0 Å². The summed E-state index contributed by atoms with van der Waals surface area (Å²) in [5, 5.41) is 11.1. The minimum atomic E-state index is 0.0929. The Bertz CT molecular complexity index is 1040. The number of phenolic OH excluding ortho intramolecular Hbond substituents is 1. The maximum Gasteiger partial charge on any atom is 0.226 e. The Morgan fingerprint density at radius 2 is 1.93 bits per heavy atom. The van der Waals surface area contributed by atoms with Gasteiger partial charge in [-0.3, -0.25) is 4.79 Å². The van der Waals surface area contributed by atoms with Gasteiger partial charge in [0, 0.05) is 24.0 Å². The largest absolute Gasteiger partial charge is 0.504 e. The molecule has 2 heterocycles. The molecule has 1 aliphatic rings. The molecule has 0 saturated carbocycles. The van der Waals surface area contributed by atoms with Crippen LogP contribution in [0.4, 0.5) is 0 Å². The van der Waals surface area contributed by atoms with Crippen molar-refractivity contribution < 1.29 is 14.6 Å². The van der Waals surface area contributed by atoms with Gasteiger partial charge >= 0.3 is 0 Å². The predicted octanol–water partition coefficient (Wildman–Crippen LogP) is 4.09. The fraction of sp³-hybridized carbons (Fsp3) is 0.304. The molecule has 5 nitrogen and oxygen atoms in total. The highest BCUT2D eigenvalue weighted by Gasteiger charge is 2.18. The second-order valence-electron chi connectivity index (χ2n) is 7.33. The van der Waals surface area contributed by atoms with Gasteiger partial charge in [-0.2, -0.15) is 0 Å². The second kappa shape index (κ2) is 7.50. The number of hydrogen-bond acceptors (Lipinski definition) is 4. The van der Waals surface area contributed by atoms with Crippen molar-refractivity contribution in [3.05, 3.63) is 53.6 Å². The van der Waals surface area contributed by atoms with Crippen LogP contribution in [0.1, 0.15) is 24.0 Å². The van der Waals surface area contributed by atoms with Crippen molar-refractivity contribution in [3.63, 3.8) is 0 Å². The van der Waals surface area contributed by atoms with Crippen LogP contribution in [0.25, 0.3) is 22.2 Å². The molecule has 1 aliphatic heterocycles. The highest BCUT2D eigenvalue weighted by Crippen LogP contribution is 2.32. The van der Waals surface area contributed by atoms with Crippen molar-refractivity contribution in [1.82, 2.24) is 9.88 Å². The van der Waals surface area contributed by atoms with Gasteiger partial charge in [0.05, 0.1) is 24.7 Å². The molecule has 1 N–H and O–H groups in total. The number of benzene rings is 2. The van der Waals surface area contributed by atoms with E-state index in [4.69, 9.17) is 9.72 Å². The molecule has 0 atom stereocenters. The molecule has 144 valence electrons. The number of ether oxygens (including phenoxy) is 1. The first-order valence-electron chi connectivity index (χ1n) is 9.60. The van der Waals surface area contributed by atoms with Gasteiger partial charge in [-0.15, -0.1) is 0 Å². The molecule has 4 rings (SSSR count). The van der Waals surface area contributed by atoms with Gasteiger partial charge in [0.1, 0.15) is 0 Å². The molecule has 0 aliphatic carbocycles. The average molecular weight is 376 g/mol. The van der Waals surface area contributed by atoms with E-state index in [0.717, 1.165) is 59.2 Å². The first-order chi connectivity index (χ1) is 13.5. The van der Waals surface area contributed by atoms with Crippen LogP contribution in [0.2, 0.25) is 0 Å². The van der Waals surface area contributed by atoms with Gasteiger partial charge in [-0.25, -0.2) is 4.98 Å². The number of aryl methyl sites for hydroxylation is 1.